The zero-order valence-electron chi connectivity index (χ0n) is 39.9. The number of carboxylic acids is 3. The van der Waals surface area contributed by atoms with Crippen LogP contribution in [-0.4, -0.2) is 179 Å². The third-order valence-corrected chi connectivity index (χ3v) is 19.7. The first-order valence-corrected chi connectivity index (χ1v) is 24.3. The van der Waals surface area contributed by atoms with Gasteiger partial charge in [0.25, 0.3) is 0 Å². The minimum absolute atomic E-state index is 0.0105. The molecule has 0 spiro atoms. The van der Waals surface area contributed by atoms with E-state index in [0.29, 0.717) is 32.1 Å². The Labute approximate surface area is 395 Å². The summed E-state index contributed by atoms with van der Waals surface area (Å²) in [6.45, 7) is 14.2. The van der Waals surface area contributed by atoms with Crippen molar-refractivity contribution in [2.75, 3.05) is 6.61 Å². The lowest BCUT2D eigenvalue weighted by molar-refractivity contribution is -0.393. The van der Waals surface area contributed by atoms with Crippen molar-refractivity contribution in [3.8, 4) is 0 Å². The molecule has 0 aromatic rings. The summed E-state index contributed by atoms with van der Waals surface area (Å²) in [7, 11) is 0. The van der Waals surface area contributed by atoms with Crippen molar-refractivity contribution in [2.45, 2.75) is 211 Å². The van der Waals surface area contributed by atoms with Crippen LogP contribution in [0.2, 0.25) is 0 Å². The van der Waals surface area contributed by atoms with Crippen LogP contribution in [0.5, 0.6) is 0 Å². The van der Waals surface area contributed by atoms with E-state index in [-0.39, 0.29) is 46.0 Å². The van der Waals surface area contributed by atoms with Crippen LogP contribution in [0, 0.1) is 50.2 Å². The number of hydrogen-bond acceptors (Lipinski definition) is 17. The van der Waals surface area contributed by atoms with Crippen molar-refractivity contribution in [2.24, 2.45) is 50.2 Å². The zero-order chi connectivity index (χ0) is 50.0. The van der Waals surface area contributed by atoms with Crippen LogP contribution in [-0.2, 0) is 42.8 Å². The molecule has 8 aliphatic rings. The van der Waals surface area contributed by atoms with E-state index in [4.69, 9.17) is 28.4 Å². The summed E-state index contributed by atoms with van der Waals surface area (Å²) in [5.41, 5.74) is -1.15. The lowest BCUT2D eigenvalue weighted by Crippen LogP contribution is -2.68. The Morgan fingerprint density at radius 1 is 0.632 bits per heavy atom. The molecule has 0 unspecified atom stereocenters. The van der Waals surface area contributed by atoms with Crippen molar-refractivity contribution in [3.05, 3.63) is 11.6 Å². The van der Waals surface area contributed by atoms with Gasteiger partial charge < -0.3 is 84.6 Å². The van der Waals surface area contributed by atoms with Crippen molar-refractivity contribution >= 4 is 17.9 Å². The highest BCUT2D eigenvalue weighted by Gasteiger charge is 2.69. The number of aliphatic hydroxyl groups excluding tert-OH is 8. The maximum absolute atomic E-state index is 12.6. The molecule has 8 rings (SSSR count). The van der Waals surface area contributed by atoms with Crippen molar-refractivity contribution < 1.29 is 99.0 Å². The Balaban J connectivity index is 1.08. The summed E-state index contributed by atoms with van der Waals surface area (Å²) in [4.78, 5) is 37.3. The molecule has 20 heteroatoms. The number of carboxylic acid groups (broad SMARTS) is 3. The molecule has 3 saturated heterocycles. The van der Waals surface area contributed by atoms with Crippen molar-refractivity contribution in [1.29, 1.82) is 0 Å². The standard InChI is InChI=1S/C48H74O20/c1-20-26(50)27(51)32(56)39(63-20)67-36-31(55)29(53)34(38(59)60)66-41(36)68-35-30(54)28(52)33(37(57)58)65-40(35)64-25-11-12-45(4)23(46(25,5)19-49)10-13-48(7)24(45)9-8-21-22-18-44(3,42(61)62)15-14-43(22,2)16-17-47(21,48)6/h8,20,22-36,39-41,49-56H,9-19H2,1-7H3,(H,57,58)(H,59,60)(H,61,62)/t20-,22-,23+,24+,25-,26-,27+,28-,29-,30-,31-,32+,33-,34-,35+,36+,39-,40+,41-,43+,44-,45-,46+,47+,48+/m0/s1. The monoisotopic (exact) mass is 970 g/mol. The second kappa shape index (κ2) is 18.0. The van der Waals surface area contributed by atoms with E-state index in [9.17, 15) is 70.6 Å². The van der Waals surface area contributed by atoms with Crippen molar-refractivity contribution in [3.63, 3.8) is 0 Å². The number of hydrogen-bond donors (Lipinski definition) is 11. The third kappa shape index (κ3) is 7.90. The van der Waals surface area contributed by atoms with Gasteiger partial charge in [-0.3, -0.25) is 4.79 Å². The normalized spacial score (nSPS) is 54.8. The van der Waals surface area contributed by atoms with E-state index in [0.717, 1.165) is 32.1 Å². The molecule has 25 atom stereocenters. The zero-order valence-corrected chi connectivity index (χ0v) is 39.9. The van der Waals surface area contributed by atoms with E-state index in [1.165, 1.54) is 12.5 Å². The highest BCUT2D eigenvalue weighted by molar-refractivity contribution is 5.75. The van der Waals surface area contributed by atoms with Gasteiger partial charge in [-0.05, 0) is 117 Å². The van der Waals surface area contributed by atoms with E-state index < -0.39 is 127 Å². The molecule has 7 fully saturated rings. The van der Waals surface area contributed by atoms with Crippen LogP contribution in [0.3, 0.4) is 0 Å². The second-order valence-electron chi connectivity index (χ2n) is 23.3. The molecule has 3 heterocycles. The molecule has 0 amide bonds. The molecule has 0 aromatic heterocycles. The molecule has 4 saturated carbocycles. The van der Waals surface area contributed by atoms with E-state index in [2.05, 4.69) is 33.8 Å². The van der Waals surface area contributed by atoms with Gasteiger partial charge in [-0.15, -0.1) is 0 Å². The number of allylic oxidation sites excluding steroid dienone is 2. The Morgan fingerprint density at radius 2 is 1.19 bits per heavy atom. The molecule has 3 aliphatic heterocycles. The minimum Gasteiger partial charge on any atom is -0.481 e. The number of rotatable bonds is 10. The van der Waals surface area contributed by atoms with Gasteiger partial charge in [0, 0.05) is 5.41 Å². The number of fused-ring (bicyclic) bond motifs is 7. The summed E-state index contributed by atoms with van der Waals surface area (Å²) < 4.78 is 35.6. The van der Waals surface area contributed by atoms with Crippen LogP contribution in [0.4, 0.5) is 0 Å². The molecule has 0 radical (unpaired) electrons. The highest BCUT2D eigenvalue weighted by atomic mass is 16.8. The van der Waals surface area contributed by atoms with E-state index in [1.54, 1.807) is 0 Å². The van der Waals surface area contributed by atoms with Crippen LogP contribution >= 0.6 is 0 Å². The maximum Gasteiger partial charge on any atom is 0.335 e. The molecule has 11 N–H and O–H groups in total. The van der Waals surface area contributed by atoms with Crippen molar-refractivity contribution in [1.82, 2.24) is 0 Å². The van der Waals surface area contributed by atoms with Crippen LogP contribution in [0.1, 0.15) is 113 Å². The summed E-state index contributed by atoms with van der Waals surface area (Å²) in [5, 5.41) is 118. The lowest BCUT2D eigenvalue weighted by Gasteiger charge is -2.71. The largest absolute Gasteiger partial charge is 0.481 e. The number of carbonyl (C=O) groups is 3. The third-order valence-electron chi connectivity index (χ3n) is 19.7. The van der Waals surface area contributed by atoms with Crippen LogP contribution < -0.4 is 0 Å². The fourth-order valence-electron chi connectivity index (χ4n) is 15.0. The first-order valence-electron chi connectivity index (χ1n) is 24.3. The number of aliphatic carboxylic acids is 3. The summed E-state index contributed by atoms with van der Waals surface area (Å²) >= 11 is 0. The molecule has 0 bridgehead atoms. The molecule has 5 aliphatic carbocycles. The topological polar surface area (TPSA) is 329 Å². The summed E-state index contributed by atoms with van der Waals surface area (Å²) in [6, 6.07) is 0. The van der Waals surface area contributed by atoms with Crippen LogP contribution in [0.25, 0.3) is 0 Å². The van der Waals surface area contributed by atoms with Gasteiger partial charge in [-0.2, -0.15) is 0 Å². The minimum atomic E-state index is -2.17. The molecule has 20 nitrogen and oxygen atoms in total. The molecule has 68 heavy (non-hydrogen) atoms. The Kier molecular flexibility index (Phi) is 13.7. The average Bonchev–Trinajstić information content (AvgIpc) is 3.27. The van der Waals surface area contributed by atoms with Gasteiger partial charge in [0.1, 0.15) is 54.9 Å². The van der Waals surface area contributed by atoms with E-state index in [1.807, 2.05) is 13.8 Å². The summed E-state index contributed by atoms with van der Waals surface area (Å²) in [5.74, 6) is -4.01. The van der Waals surface area contributed by atoms with E-state index >= 15 is 0 Å². The fourth-order valence-corrected chi connectivity index (χ4v) is 15.0. The predicted molar refractivity (Wildman–Crippen MR) is 232 cm³/mol. The van der Waals surface area contributed by atoms with Gasteiger partial charge in [0.2, 0.25) is 0 Å². The first-order chi connectivity index (χ1) is 31.6. The van der Waals surface area contributed by atoms with Gasteiger partial charge in [-0.25, -0.2) is 9.59 Å². The van der Waals surface area contributed by atoms with Gasteiger partial charge in [-0.1, -0.05) is 46.3 Å². The first kappa shape index (κ1) is 51.9. The molecular formula is C48H74O20. The Bertz CT molecular complexity index is 1970. The Morgan fingerprint density at radius 3 is 1.75 bits per heavy atom. The SMILES string of the molecule is C[C@@H]1O[C@@H](O[C@H]2[C@H](O[C@H]3[C@H](O[C@H]4CC[C@@]5(C)[C@@H](CC[C@]6(C)[C@@H]5CC=C5[C@@H]7C[C@@](C)(C(=O)O)CC[C@]7(C)CC[C@]56C)[C@@]4(C)CO)O[C@H](C(=O)O)[C@@H](O)[C@@H]3O)O[C@H](C(=O)O)[C@@H](O)[C@@H]2O)[C@H](O)[C@H](O)[C@H]1O. The lowest BCUT2D eigenvalue weighted by atomic mass is 9.33. The number of ether oxygens (including phenoxy) is 6. The second-order valence-corrected chi connectivity index (χ2v) is 23.3. The van der Waals surface area contributed by atoms with Gasteiger partial charge in [0.15, 0.2) is 31.1 Å². The maximum atomic E-state index is 12.6. The average molecular weight is 971 g/mol. The predicted octanol–water partition coefficient (Wildman–Crippen LogP) is 0.891. The molecule has 0 aromatic carbocycles. The van der Waals surface area contributed by atoms with Gasteiger partial charge >= 0.3 is 17.9 Å². The summed E-state index contributed by atoms with van der Waals surface area (Å²) in [6.07, 6.45) is -20.1. The quantitative estimate of drug-likeness (QED) is 0.107. The smallest absolute Gasteiger partial charge is 0.335 e. The highest BCUT2D eigenvalue weighted by Crippen LogP contribution is 2.76. The fraction of sp³-hybridized carbons (Fsp3) is 0.896. The number of aliphatic hydroxyl groups is 8. The molecule has 386 valence electrons. The van der Waals surface area contributed by atoms with Crippen LogP contribution in [0.15, 0.2) is 11.6 Å². The Hall–Kier alpha value is -2.41. The molecular weight excluding hydrogens is 897 g/mol. The van der Waals surface area contributed by atoms with Gasteiger partial charge in [0.05, 0.1) is 24.2 Å².